The molecule has 1 N–H and O–H groups in total. The molecule has 3 rings (SSSR count). The summed E-state index contributed by atoms with van der Waals surface area (Å²) in [7, 11) is 0. The van der Waals surface area contributed by atoms with E-state index < -0.39 is 0 Å². The molecule has 0 atom stereocenters. The van der Waals surface area contributed by atoms with E-state index in [2.05, 4.69) is 41.7 Å². The van der Waals surface area contributed by atoms with Gasteiger partial charge in [-0.2, -0.15) is 0 Å². The van der Waals surface area contributed by atoms with E-state index in [1.807, 2.05) is 0 Å². The molecule has 2 aromatic rings. The largest absolute Gasteiger partial charge is 0.314 e. The van der Waals surface area contributed by atoms with Gasteiger partial charge in [0.25, 0.3) is 0 Å². The van der Waals surface area contributed by atoms with Crippen LogP contribution in [0.25, 0.3) is 10.9 Å². The van der Waals surface area contributed by atoms with Crippen molar-refractivity contribution in [3.05, 3.63) is 42.1 Å². The molecule has 18 heavy (non-hydrogen) atoms. The van der Waals surface area contributed by atoms with E-state index in [1.54, 1.807) is 0 Å². The number of para-hydroxylation sites is 1. The fraction of sp³-hybridized carbons (Fsp3) is 0.438. The Labute approximate surface area is 108 Å². The van der Waals surface area contributed by atoms with Crippen molar-refractivity contribution >= 4 is 10.9 Å². The lowest BCUT2D eigenvalue weighted by Gasteiger charge is -2.04. The quantitative estimate of drug-likeness (QED) is 0.784. The minimum atomic E-state index is 0.837. The lowest BCUT2D eigenvalue weighted by Crippen LogP contribution is -2.17. The molecule has 1 aromatic carbocycles. The van der Waals surface area contributed by atoms with Crippen LogP contribution in [-0.2, 0) is 6.42 Å². The normalized spacial score (nSPS) is 15.1. The zero-order valence-corrected chi connectivity index (χ0v) is 10.7. The van der Waals surface area contributed by atoms with Crippen LogP contribution in [0.1, 0.15) is 31.4 Å². The zero-order chi connectivity index (χ0) is 12.2. The molecular formula is C16H20N2. The molecule has 0 saturated heterocycles. The summed E-state index contributed by atoms with van der Waals surface area (Å²) in [4.78, 5) is 4.70. The molecule has 1 aromatic heterocycles. The van der Waals surface area contributed by atoms with Crippen LogP contribution in [0.3, 0.4) is 0 Å². The smallest absolute Gasteiger partial charge is 0.0705 e. The minimum absolute atomic E-state index is 0.837. The Balaban J connectivity index is 1.50. The van der Waals surface area contributed by atoms with Gasteiger partial charge in [0.1, 0.15) is 0 Å². The van der Waals surface area contributed by atoms with Gasteiger partial charge in [-0.25, -0.2) is 0 Å². The van der Waals surface area contributed by atoms with E-state index in [0.717, 1.165) is 24.5 Å². The van der Waals surface area contributed by atoms with Crippen LogP contribution < -0.4 is 5.32 Å². The number of nitrogens with zero attached hydrogens (tertiary/aromatic N) is 1. The summed E-state index contributed by atoms with van der Waals surface area (Å²) in [5, 5.41) is 4.79. The Morgan fingerprint density at radius 3 is 2.83 bits per heavy atom. The predicted molar refractivity (Wildman–Crippen MR) is 75.7 cm³/mol. The summed E-state index contributed by atoms with van der Waals surface area (Å²) in [6.07, 6.45) is 6.34. The first-order valence-electron chi connectivity index (χ1n) is 7.00. The van der Waals surface area contributed by atoms with Crippen molar-refractivity contribution in [2.45, 2.75) is 38.1 Å². The van der Waals surface area contributed by atoms with Crippen LogP contribution in [0.15, 0.2) is 36.4 Å². The van der Waals surface area contributed by atoms with E-state index in [-0.39, 0.29) is 0 Å². The number of fused-ring (bicyclic) bond motifs is 1. The van der Waals surface area contributed by atoms with Crippen molar-refractivity contribution in [1.82, 2.24) is 10.3 Å². The molecule has 0 bridgehead atoms. The number of pyridine rings is 1. The summed E-state index contributed by atoms with van der Waals surface area (Å²) in [5.74, 6) is 0. The van der Waals surface area contributed by atoms with Gasteiger partial charge in [-0.1, -0.05) is 24.3 Å². The van der Waals surface area contributed by atoms with Gasteiger partial charge < -0.3 is 5.32 Å². The minimum Gasteiger partial charge on any atom is -0.314 e. The molecular weight excluding hydrogens is 220 g/mol. The van der Waals surface area contributed by atoms with Crippen molar-refractivity contribution < 1.29 is 0 Å². The summed E-state index contributed by atoms with van der Waals surface area (Å²) in [5.41, 5.74) is 2.34. The molecule has 1 aliphatic rings. The zero-order valence-electron chi connectivity index (χ0n) is 10.7. The summed E-state index contributed by atoms with van der Waals surface area (Å²) >= 11 is 0. The first-order valence-corrected chi connectivity index (χ1v) is 7.00. The van der Waals surface area contributed by atoms with Gasteiger partial charge in [0.15, 0.2) is 0 Å². The standard InChI is InChI=1S/C16H20N2/c1-2-7-16-13(5-1)8-9-15(18-16)6-3-4-12-17-14-10-11-14/h1-2,5,7-9,14,17H,3-4,6,10-12H2. The van der Waals surface area contributed by atoms with Crippen molar-refractivity contribution in [2.75, 3.05) is 6.54 Å². The fourth-order valence-electron chi connectivity index (χ4n) is 2.27. The highest BCUT2D eigenvalue weighted by Gasteiger charge is 2.19. The van der Waals surface area contributed by atoms with Crippen LogP contribution in [0, 0.1) is 0 Å². The van der Waals surface area contributed by atoms with Crippen LogP contribution >= 0.6 is 0 Å². The fourth-order valence-corrected chi connectivity index (χ4v) is 2.27. The van der Waals surface area contributed by atoms with E-state index in [9.17, 15) is 0 Å². The first-order chi connectivity index (χ1) is 8.92. The van der Waals surface area contributed by atoms with Crippen LogP contribution in [-0.4, -0.2) is 17.6 Å². The highest BCUT2D eigenvalue weighted by atomic mass is 14.9. The SMILES string of the molecule is c1ccc2nc(CCCCNC3CC3)ccc2c1. The van der Waals surface area contributed by atoms with Gasteiger partial charge >= 0.3 is 0 Å². The van der Waals surface area contributed by atoms with Crippen molar-refractivity contribution in [3.63, 3.8) is 0 Å². The van der Waals surface area contributed by atoms with Crippen LogP contribution in [0.5, 0.6) is 0 Å². The van der Waals surface area contributed by atoms with Gasteiger partial charge in [0, 0.05) is 17.1 Å². The molecule has 94 valence electrons. The molecule has 1 fully saturated rings. The second kappa shape index (κ2) is 5.49. The molecule has 1 aliphatic carbocycles. The maximum atomic E-state index is 4.70. The molecule has 0 radical (unpaired) electrons. The topological polar surface area (TPSA) is 24.9 Å². The number of rotatable bonds is 6. The van der Waals surface area contributed by atoms with E-state index in [1.165, 1.54) is 36.8 Å². The van der Waals surface area contributed by atoms with Crippen molar-refractivity contribution in [3.8, 4) is 0 Å². The molecule has 0 spiro atoms. The number of aromatic nitrogens is 1. The highest BCUT2D eigenvalue weighted by molar-refractivity contribution is 5.78. The Morgan fingerprint density at radius 1 is 1.06 bits per heavy atom. The Bertz CT molecular complexity index is 517. The second-order valence-corrected chi connectivity index (χ2v) is 5.18. The molecule has 0 unspecified atom stereocenters. The summed E-state index contributed by atoms with van der Waals surface area (Å²) in [6, 6.07) is 13.5. The highest BCUT2D eigenvalue weighted by Crippen LogP contribution is 2.18. The maximum Gasteiger partial charge on any atom is 0.0705 e. The van der Waals surface area contributed by atoms with Crippen molar-refractivity contribution in [1.29, 1.82) is 0 Å². The molecule has 0 amide bonds. The van der Waals surface area contributed by atoms with Crippen LogP contribution in [0.4, 0.5) is 0 Å². The Morgan fingerprint density at radius 2 is 1.94 bits per heavy atom. The third kappa shape index (κ3) is 3.08. The molecule has 2 nitrogen and oxygen atoms in total. The van der Waals surface area contributed by atoms with Crippen LogP contribution in [0.2, 0.25) is 0 Å². The summed E-state index contributed by atoms with van der Waals surface area (Å²) < 4.78 is 0. The van der Waals surface area contributed by atoms with Gasteiger partial charge in [-0.15, -0.1) is 0 Å². The molecule has 1 saturated carbocycles. The average Bonchev–Trinajstić information content (AvgIpc) is 3.22. The van der Waals surface area contributed by atoms with Gasteiger partial charge in [0.2, 0.25) is 0 Å². The van der Waals surface area contributed by atoms with E-state index in [0.29, 0.717) is 0 Å². The van der Waals surface area contributed by atoms with E-state index >= 15 is 0 Å². The average molecular weight is 240 g/mol. The third-order valence-electron chi connectivity index (χ3n) is 3.53. The number of aryl methyl sites for hydroxylation is 1. The monoisotopic (exact) mass is 240 g/mol. The van der Waals surface area contributed by atoms with Gasteiger partial charge in [-0.05, 0) is 50.8 Å². The number of hydrogen-bond acceptors (Lipinski definition) is 2. The molecule has 2 heteroatoms. The van der Waals surface area contributed by atoms with E-state index in [4.69, 9.17) is 4.98 Å². The van der Waals surface area contributed by atoms with Gasteiger partial charge in [-0.3, -0.25) is 4.98 Å². The summed E-state index contributed by atoms with van der Waals surface area (Å²) in [6.45, 7) is 1.16. The number of hydrogen-bond donors (Lipinski definition) is 1. The first kappa shape index (κ1) is 11.7. The number of nitrogens with one attached hydrogen (secondary N) is 1. The second-order valence-electron chi connectivity index (χ2n) is 5.18. The lowest BCUT2D eigenvalue weighted by molar-refractivity contribution is 0.617. The lowest BCUT2D eigenvalue weighted by atomic mass is 10.1. The number of benzene rings is 1. The molecule has 0 aliphatic heterocycles. The molecule has 1 heterocycles. The maximum absolute atomic E-state index is 4.70. The Hall–Kier alpha value is -1.41. The third-order valence-corrected chi connectivity index (χ3v) is 3.53. The Kier molecular flexibility index (Phi) is 3.56. The van der Waals surface area contributed by atoms with Crippen molar-refractivity contribution in [2.24, 2.45) is 0 Å². The van der Waals surface area contributed by atoms with Gasteiger partial charge in [0.05, 0.1) is 5.52 Å². The predicted octanol–water partition coefficient (Wildman–Crippen LogP) is 3.31. The number of unbranched alkanes of at least 4 members (excludes halogenated alkanes) is 1.